The molecule has 2 saturated heterocycles. The lowest BCUT2D eigenvalue weighted by molar-refractivity contribution is -0.156. The van der Waals surface area contributed by atoms with Gasteiger partial charge >= 0.3 is 23.9 Å². The molecule has 3 saturated carbocycles. The zero-order valence-electron chi connectivity index (χ0n) is 14.5. The Balaban J connectivity index is 0.000000173. The van der Waals surface area contributed by atoms with Gasteiger partial charge in [-0.05, 0) is 49.4 Å². The molecule has 4 aliphatic carbocycles. The van der Waals surface area contributed by atoms with Crippen LogP contribution in [0.15, 0.2) is 12.2 Å². The molecule has 0 aromatic rings. The number of fused-ring (bicyclic) bond motifs is 10. The number of aliphatic hydroxyl groups is 1. The van der Waals surface area contributed by atoms with Gasteiger partial charge in [-0.15, -0.1) is 0 Å². The molecule has 6 aliphatic rings. The first-order chi connectivity index (χ1) is 12.5. The molecule has 8 atom stereocenters. The van der Waals surface area contributed by atoms with E-state index in [1.807, 2.05) is 12.2 Å². The van der Waals surface area contributed by atoms with Crippen LogP contribution in [-0.4, -0.2) is 36.1 Å². The van der Waals surface area contributed by atoms with E-state index in [0.717, 1.165) is 32.8 Å². The van der Waals surface area contributed by atoms with Crippen LogP contribution >= 0.6 is 0 Å². The van der Waals surface area contributed by atoms with Crippen LogP contribution < -0.4 is 0 Å². The SMILES string of the molecule is C.C.CO.O=C1OC(=O)[C@H]2[C@@H]1[C@H]1C=C[C@@H]2C1.O=C1OC(=O)[C@H]2[C@H]3CC[C@H](C3)[C@@H]12. The summed E-state index contributed by atoms with van der Waals surface area (Å²) in [7, 11) is 1.00. The highest BCUT2D eigenvalue weighted by molar-refractivity contribution is 5.98. The Labute approximate surface area is 165 Å². The molecule has 0 spiro atoms. The molecule has 2 aliphatic heterocycles. The fourth-order valence-electron chi connectivity index (χ4n) is 5.90. The number of rotatable bonds is 0. The van der Waals surface area contributed by atoms with Gasteiger partial charge in [-0.3, -0.25) is 19.2 Å². The fraction of sp³-hybridized carbons (Fsp3) is 0.714. The second kappa shape index (κ2) is 8.15. The van der Waals surface area contributed by atoms with Gasteiger partial charge in [0.15, 0.2) is 0 Å². The molecular weight excluding hydrogens is 364 g/mol. The minimum Gasteiger partial charge on any atom is -0.400 e. The van der Waals surface area contributed by atoms with E-state index < -0.39 is 0 Å². The zero-order chi connectivity index (χ0) is 18.6. The van der Waals surface area contributed by atoms with Gasteiger partial charge in [-0.1, -0.05) is 27.0 Å². The Bertz CT molecular complexity index is 643. The molecule has 1 N–H and O–H groups in total. The van der Waals surface area contributed by atoms with Crippen molar-refractivity contribution in [2.45, 2.75) is 40.5 Å². The van der Waals surface area contributed by atoms with Crippen LogP contribution in [0, 0.1) is 47.3 Å². The van der Waals surface area contributed by atoms with Gasteiger partial charge in [0.25, 0.3) is 0 Å². The quantitative estimate of drug-likeness (QED) is 0.381. The number of ether oxygens (including phenoxy) is 2. The highest BCUT2D eigenvalue weighted by Gasteiger charge is 2.60. The predicted molar refractivity (Wildman–Crippen MR) is 99.3 cm³/mol. The summed E-state index contributed by atoms with van der Waals surface area (Å²) in [6.45, 7) is 0. The average molecular weight is 394 g/mol. The maximum absolute atomic E-state index is 11.2. The summed E-state index contributed by atoms with van der Waals surface area (Å²) in [5.74, 6) is -0.0543. The van der Waals surface area contributed by atoms with Crippen LogP contribution in [0.2, 0.25) is 0 Å². The highest BCUT2D eigenvalue weighted by atomic mass is 16.6. The van der Waals surface area contributed by atoms with Crippen LogP contribution in [0.1, 0.15) is 40.5 Å². The predicted octanol–water partition coefficient (Wildman–Crippen LogP) is 2.12. The van der Waals surface area contributed by atoms with E-state index in [1.54, 1.807) is 0 Å². The van der Waals surface area contributed by atoms with Crippen LogP contribution in [0.4, 0.5) is 0 Å². The summed E-state index contributed by atoms with van der Waals surface area (Å²) in [4.78, 5) is 44.8. The molecular formula is C21H30O7. The smallest absolute Gasteiger partial charge is 0.318 e. The molecule has 6 rings (SSSR count). The van der Waals surface area contributed by atoms with E-state index in [9.17, 15) is 19.2 Å². The Hall–Kier alpha value is -2.02. The number of carbonyl (C=O) groups is 4. The lowest BCUT2D eigenvalue weighted by Crippen LogP contribution is -2.24. The van der Waals surface area contributed by atoms with Crippen molar-refractivity contribution in [3.05, 3.63) is 12.2 Å². The topological polar surface area (TPSA) is 107 Å². The Morgan fingerprint density at radius 2 is 1.04 bits per heavy atom. The first-order valence-electron chi connectivity index (χ1n) is 9.18. The standard InChI is InChI=1S/C9H10O3.C9H8O3.CH4O.2CH4/c2*10-8-6-4-1-2-5(3-4)7(6)9(11)12-8;1-2;;/h4-7H,1-3H2;1-2,4-7H,3H2;2H,1H3;2*1H4/t2*4-,5+,6-,7+;;;. The Morgan fingerprint density at radius 3 is 1.43 bits per heavy atom. The molecule has 7 nitrogen and oxygen atoms in total. The molecule has 5 fully saturated rings. The third kappa shape index (κ3) is 3.09. The van der Waals surface area contributed by atoms with Crippen LogP contribution in [0.3, 0.4) is 0 Å². The molecule has 4 bridgehead atoms. The first-order valence-corrected chi connectivity index (χ1v) is 9.18. The monoisotopic (exact) mass is 394 g/mol. The minimum atomic E-state index is -0.304. The number of cyclic esters (lactones) is 4. The molecule has 0 radical (unpaired) electrons. The Morgan fingerprint density at radius 1 is 0.679 bits per heavy atom. The minimum absolute atomic E-state index is 0. The van der Waals surface area contributed by atoms with Crippen molar-refractivity contribution >= 4 is 23.9 Å². The van der Waals surface area contributed by atoms with Crippen molar-refractivity contribution in [1.29, 1.82) is 0 Å². The van der Waals surface area contributed by atoms with Crippen molar-refractivity contribution in [3.8, 4) is 0 Å². The van der Waals surface area contributed by atoms with E-state index in [2.05, 4.69) is 9.47 Å². The van der Waals surface area contributed by atoms with Crippen molar-refractivity contribution in [1.82, 2.24) is 0 Å². The van der Waals surface area contributed by atoms with Crippen LogP contribution in [-0.2, 0) is 28.7 Å². The molecule has 7 heteroatoms. The molecule has 28 heavy (non-hydrogen) atoms. The number of hydrogen-bond donors (Lipinski definition) is 1. The van der Waals surface area contributed by atoms with Crippen LogP contribution in [0.5, 0.6) is 0 Å². The second-order valence-corrected chi connectivity index (χ2v) is 7.86. The van der Waals surface area contributed by atoms with Gasteiger partial charge in [0.1, 0.15) is 0 Å². The summed E-state index contributed by atoms with van der Waals surface area (Å²) in [5.41, 5.74) is 0. The molecule has 0 aromatic carbocycles. The van der Waals surface area contributed by atoms with Crippen molar-refractivity contribution in [3.63, 3.8) is 0 Å². The Kier molecular flexibility index (Phi) is 6.48. The summed E-state index contributed by atoms with van der Waals surface area (Å²) >= 11 is 0. The number of carbonyl (C=O) groups excluding carboxylic acids is 4. The molecule has 0 unspecified atom stereocenters. The van der Waals surface area contributed by atoms with Crippen molar-refractivity contribution < 1.29 is 33.8 Å². The second-order valence-electron chi connectivity index (χ2n) is 7.86. The fourth-order valence-corrected chi connectivity index (χ4v) is 5.90. The lowest BCUT2D eigenvalue weighted by atomic mass is 9.81. The van der Waals surface area contributed by atoms with E-state index in [0.29, 0.717) is 11.8 Å². The zero-order valence-corrected chi connectivity index (χ0v) is 14.5. The average Bonchev–Trinajstić information content (AvgIpc) is 3.43. The summed E-state index contributed by atoms with van der Waals surface area (Å²) in [5, 5.41) is 7.00. The van der Waals surface area contributed by atoms with Crippen molar-refractivity contribution in [2.75, 3.05) is 7.11 Å². The van der Waals surface area contributed by atoms with E-state index in [-0.39, 0.29) is 74.2 Å². The third-order valence-corrected chi connectivity index (χ3v) is 6.87. The molecule has 0 amide bonds. The van der Waals surface area contributed by atoms with E-state index >= 15 is 0 Å². The van der Waals surface area contributed by atoms with Gasteiger partial charge in [-0.25, -0.2) is 0 Å². The molecule has 2 heterocycles. The van der Waals surface area contributed by atoms with Gasteiger partial charge in [-0.2, -0.15) is 0 Å². The maximum atomic E-state index is 11.2. The highest BCUT2D eigenvalue weighted by Crippen LogP contribution is 2.55. The largest absolute Gasteiger partial charge is 0.400 e. The summed E-state index contributed by atoms with van der Waals surface area (Å²) in [6.07, 6.45) is 8.38. The number of esters is 4. The normalized spacial score (nSPS) is 42.2. The van der Waals surface area contributed by atoms with Gasteiger partial charge < -0.3 is 14.6 Å². The number of aliphatic hydroxyl groups excluding tert-OH is 1. The van der Waals surface area contributed by atoms with Gasteiger partial charge in [0.2, 0.25) is 0 Å². The number of hydrogen-bond acceptors (Lipinski definition) is 7. The number of allylic oxidation sites excluding steroid dienone is 2. The van der Waals surface area contributed by atoms with Crippen LogP contribution in [0.25, 0.3) is 0 Å². The first kappa shape index (κ1) is 22.3. The molecule has 0 aromatic heterocycles. The van der Waals surface area contributed by atoms with Crippen molar-refractivity contribution in [2.24, 2.45) is 47.3 Å². The lowest BCUT2D eigenvalue weighted by Gasteiger charge is -2.17. The van der Waals surface area contributed by atoms with Gasteiger partial charge in [0, 0.05) is 7.11 Å². The summed E-state index contributed by atoms with van der Waals surface area (Å²) < 4.78 is 9.22. The summed E-state index contributed by atoms with van der Waals surface area (Å²) in [6, 6.07) is 0. The van der Waals surface area contributed by atoms with E-state index in [4.69, 9.17) is 5.11 Å². The molecule has 156 valence electrons. The maximum Gasteiger partial charge on any atom is 0.318 e. The van der Waals surface area contributed by atoms with Gasteiger partial charge in [0.05, 0.1) is 23.7 Å². The third-order valence-electron chi connectivity index (χ3n) is 6.87. The van der Waals surface area contributed by atoms with E-state index in [1.165, 1.54) is 0 Å².